The van der Waals surface area contributed by atoms with Crippen molar-refractivity contribution >= 4 is 23.2 Å². The minimum Gasteiger partial charge on any atom is -0.371 e. The van der Waals surface area contributed by atoms with Gasteiger partial charge in [0.2, 0.25) is 11.8 Å². The monoisotopic (exact) mass is 524 g/mol. The molecular weight excluding hydrogens is 484 g/mol. The Hall–Kier alpha value is -3.80. The number of aryl methyl sites for hydroxylation is 2. The summed E-state index contributed by atoms with van der Waals surface area (Å²) in [6, 6.07) is 23.1. The molecule has 204 valence electrons. The molecule has 2 fully saturated rings. The predicted octanol–water partition coefficient (Wildman–Crippen LogP) is 5.02. The molecule has 2 saturated heterocycles. The van der Waals surface area contributed by atoms with Gasteiger partial charge in [-0.25, -0.2) is 0 Å². The number of carbonyl (C=O) groups excluding carboxylic acids is 2. The normalized spacial score (nSPS) is 16.3. The number of amides is 2. The second kappa shape index (κ2) is 11.9. The molecule has 2 aliphatic rings. The second-order valence-corrected chi connectivity index (χ2v) is 10.9. The molecule has 3 aromatic rings. The average Bonchev–Trinajstić information content (AvgIpc) is 3.49. The van der Waals surface area contributed by atoms with Gasteiger partial charge in [-0.2, -0.15) is 0 Å². The maximum atomic E-state index is 13.6. The number of hydrogen-bond acceptors (Lipinski definition) is 4. The zero-order valence-electron chi connectivity index (χ0n) is 23.5. The van der Waals surface area contributed by atoms with E-state index in [1.54, 1.807) is 6.92 Å². The van der Waals surface area contributed by atoms with Crippen LogP contribution in [0.15, 0.2) is 66.7 Å². The van der Waals surface area contributed by atoms with Crippen LogP contribution in [0, 0.1) is 13.8 Å². The van der Waals surface area contributed by atoms with Gasteiger partial charge in [0, 0.05) is 63.1 Å². The van der Waals surface area contributed by atoms with Crippen LogP contribution in [0.1, 0.15) is 53.6 Å². The second-order valence-electron chi connectivity index (χ2n) is 10.9. The molecule has 3 aromatic carbocycles. The molecule has 39 heavy (non-hydrogen) atoms. The SMILES string of the molecule is CC(=O)N1CCN(c2ccc(C)c(CC(=O)NC(c3ccccc3)c3ccc(C)cc3N3CCCC3)c2)CC1. The zero-order valence-corrected chi connectivity index (χ0v) is 23.5. The van der Waals surface area contributed by atoms with Crippen LogP contribution in [0.3, 0.4) is 0 Å². The number of hydrogen-bond donors (Lipinski definition) is 1. The van der Waals surface area contributed by atoms with Gasteiger partial charge in [0.1, 0.15) is 0 Å². The summed E-state index contributed by atoms with van der Waals surface area (Å²) in [6.45, 7) is 11.0. The Balaban J connectivity index is 1.37. The zero-order chi connectivity index (χ0) is 27.4. The molecule has 6 nitrogen and oxygen atoms in total. The first-order valence-electron chi connectivity index (χ1n) is 14.2. The van der Waals surface area contributed by atoms with E-state index in [0.717, 1.165) is 67.2 Å². The lowest BCUT2D eigenvalue weighted by molar-refractivity contribution is -0.129. The molecular formula is C33H40N4O2. The third kappa shape index (κ3) is 6.27. The van der Waals surface area contributed by atoms with E-state index in [0.29, 0.717) is 6.42 Å². The highest BCUT2D eigenvalue weighted by molar-refractivity contribution is 5.81. The van der Waals surface area contributed by atoms with Crippen molar-refractivity contribution < 1.29 is 9.59 Å². The fourth-order valence-electron chi connectivity index (χ4n) is 5.83. The third-order valence-electron chi connectivity index (χ3n) is 8.16. The number of nitrogens with zero attached hydrogens (tertiary/aromatic N) is 3. The van der Waals surface area contributed by atoms with E-state index in [1.165, 1.54) is 24.1 Å². The van der Waals surface area contributed by atoms with Crippen LogP contribution < -0.4 is 15.1 Å². The molecule has 0 spiro atoms. The molecule has 1 N–H and O–H groups in total. The highest BCUT2D eigenvalue weighted by Crippen LogP contribution is 2.34. The van der Waals surface area contributed by atoms with Crippen LogP contribution in [0.5, 0.6) is 0 Å². The van der Waals surface area contributed by atoms with Gasteiger partial charge in [0.15, 0.2) is 0 Å². The molecule has 0 aliphatic carbocycles. The molecule has 0 radical (unpaired) electrons. The van der Waals surface area contributed by atoms with Crippen molar-refractivity contribution in [2.24, 2.45) is 0 Å². The Morgan fingerprint density at radius 3 is 2.23 bits per heavy atom. The van der Waals surface area contributed by atoms with Crippen molar-refractivity contribution in [1.29, 1.82) is 0 Å². The number of piperazine rings is 1. The van der Waals surface area contributed by atoms with Gasteiger partial charge in [-0.1, -0.05) is 48.5 Å². The van der Waals surface area contributed by atoms with E-state index < -0.39 is 0 Å². The van der Waals surface area contributed by atoms with Crippen molar-refractivity contribution in [3.63, 3.8) is 0 Å². The first-order chi connectivity index (χ1) is 18.9. The van der Waals surface area contributed by atoms with Crippen LogP contribution >= 0.6 is 0 Å². The Labute approximate surface area is 232 Å². The minimum atomic E-state index is -0.224. The van der Waals surface area contributed by atoms with E-state index in [2.05, 4.69) is 77.5 Å². The average molecular weight is 525 g/mol. The first-order valence-corrected chi connectivity index (χ1v) is 14.2. The highest BCUT2D eigenvalue weighted by Gasteiger charge is 2.25. The van der Waals surface area contributed by atoms with Gasteiger partial charge in [0.25, 0.3) is 0 Å². The maximum Gasteiger partial charge on any atom is 0.225 e. The van der Waals surface area contributed by atoms with E-state index >= 15 is 0 Å². The molecule has 6 heteroatoms. The largest absolute Gasteiger partial charge is 0.371 e. The summed E-state index contributed by atoms with van der Waals surface area (Å²) in [5.74, 6) is 0.142. The molecule has 2 amide bonds. The van der Waals surface area contributed by atoms with E-state index in [4.69, 9.17) is 0 Å². The van der Waals surface area contributed by atoms with Gasteiger partial charge in [0.05, 0.1) is 12.5 Å². The molecule has 0 bridgehead atoms. The van der Waals surface area contributed by atoms with E-state index in [-0.39, 0.29) is 17.9 Å². The topological polar surface area (TPSA) is 55.9 Å². The van der Waals surface area contributed by atoms with Crippen LogP contribution in [-0.2, 0) is 16.0 Å². The Morgan fingerprint density at radius 1 is 0.821 bits per heavy atom. The fourth-order valence-corrected chi connectivity index (χ4v) is 5.83. The number of nitrogens with one attached hydrogen (secondary N) is 1. The number of anilines is 2. The summed E-state index contributed by atoms with van der Waals surface area (Å²) < 4.78 is 0. The van der Waals surface area contributed by atoms with Crippen LogP contribution in [0.25, 0.3) is 0 Å². The molecule has 0 aromatic heterocycles. The van der Waals surface area contributed by atoms with Gasteiger partial charge < -0.3 is 20.0 Å². The third-order valence-corrected chi connectivity index (χ3v) is 8.16. The minimum absolute atomic E-state index is 0.0125. The molecule has 5 rings (SSSR count). The Bertz CT molecular complexity index is 1310. The van der Waals surface area contributed by atoms with Crippen molar-refractivity contribution in [2.75, 3.05) is 49.1 Å². The van der Waals surface area contributed by atoms with Gasteiger partial charge in [-0.15, -0.1) is 0 Å². The summed E-state index contributed by atoms with van der Waals surface area (Å²) in [7, 11) is 0. The number of carbonyl (C=O) groups is 2. The molecule has 2 aliphatic heterocycles. The van der Waals surface area contributed by atoms with Crippen molar-refractivity contribution in [1.82, 2.24) is 10.2 Å². The standard InChI is InChI=1S/C33H40N4O2/c1-24-11-14-30(31(21-24)37-15-7-8-16-37)33(27-9-5-4-6-10-27)34-32(39)23-28-22-29(13-12-25(28)2)36-19-17-35(18-20-36)26(3)38/h4-6,9-14,21-22,33H,7-8,15-20,23H2,1-3H3,(H,34,39). The Kier molecular flexibility index (Phi) is 8.20. The quantitative estimate of drug-likeness (QED) is 0.472. The van der Waals surface area contributed by atoms with Gasteiger partial charge in [-0.05, 0) is 67.1 Å². The predicted molar refractivity (Wildman–Crippen MR) is 158 cm³/mol. The summed E-state index contributed by atoms with van der Waals surface area (Å²) in [4.78, 5) is 32.0. The fraction of sp³-hybridized carbons (Fsp3) is 0.394. The number of rotatable bonds is 7. The van der Waals surface area contributed by atoms with Gasteiger partial charge in [-0.3, -0.25) is 9.59 Å². The Morgan fingerprint density at radius 2 is 1.54 bits per heavy atom. The summed E-state index contributed by atoms with van der Waals surface area (Å²) >= 11 is 0. The molecule has 0 saturated carbocycles. The van der Waals surface area contributed by atoms with Crippen LogP contribution in [0.2, 0.25) is 0 Å². The van der Waals surface area contributed by atoms with Crippen LogP contribution in [0.4, 0.5) is 11.4 Å². The highest BCUT2D eigenvalue weighted by atomic mass is 16.2. The molecule has 1 atom stereocenters. The summed E-state index contributed by atoms with van der Waals surface area (Å²) in [5.41, 5.74) is 7.95. The van der Waals surface area contributed by atoms with E-state index in [9.17, 15) is 9.59 Å². The van der Waals surface area contributed by atoms with Crippen molar-refractivity contribution in [2.45, 2.75) is 46.1 Å². The lowest BCUT2D eigenvalue weighted by Crippen LogP contribution is -2.48. The smallest absolute Gasteiger partial charge is 0.225 e. The lowest BCUT2D eigenvalue weighted by atomic mass is 9.94. The summed E-state index contributed by atoms with van der Waals surface area (Å²) in [5, 5.41) is 3.40. The van der Waals surface area contributed by atoms with E-state index in [1.807, 2.05) is 23.1 Å². The van der Waals surface area contributed by atoms with Crippen LogP contribution in [-0.4, -0.2) is 56.0 Å². The number of benzene rings is 3. The molecule has 2 heterocycles. The van der Waals surface area contributed by atoms with Gasteiger partial charge >= 0.3 is 0 Å². The maximum absolute atomic E-state index is 13.6. The lowest BCUT2D eigenvalue weighted by Gasteiger charge is -2.36. The van der Waals surface area contributed by atoms with Crippen molar-refractivity contribution in [3.8, 4) is 0 Å². The van der Waals surface area contributed by atoms with Crippen molar-refractivity contribution in [3.05, 3.63) is 94.5 Å². The first kappa shape index (κ1) is 26.8. The molecule has 1 unspecified atom stereocenters. The summed E-state index contributed by atoms with van der Waals surface area (Å²) in [6.07, 6.45) is 2.73.